The van der Waals surface area contributed by atoms with Crippen LogP contribution in [-0.2, 0) is 15.3 Å². The predicted molar refractivity (Wildman–Crippen MR) is 114 cm³/mol. The van der Waals surface area contributed by atoms with Crippen molar-refractivity contribution in [2.24, 2.45) is 0 Å². The quantitative estimate of drug-likeness (QED) is 0.434. The van der Waals surface area contributed by atoms with Crippen LogP contribution in [0.4, 0.5) is 0 Å². The number of hydrogen-bond donors (Lipinski definition) is 1. The van der Waals surface area contributed by atoms with E-state index in [1.165, 1.54) is 24.9 Å². The molecule has 0 spiro atoms. The summed E-state index contributed by atoms with van der Waals surface area (Å²) in [4.78, 5) is 25.6. The van der Waals surface area contributed by atoms with E-state index in [2.05, 4.69) is 0 Å². The Morgan fingerprint density at radius 1 is 1.13 bits per heavy atom. The van der Waals surface area contributed by atoms with E-state index in [-0.39, 0.29) is 19.0 Å². The summed E-state index contributed by atoms with van der Waals surface area (Å²) in [7, 11) is 1.28. The molecule has 2 heterocycles. The van der Waals surface area contributed by atoms with Crippen LogP contribution in [0.3, 0.4) is 0 Å². The zero-order valence-corrected chi connectivity index (χ0v) is 17.5. The van der Waals surface area contributed by atoms with E-state index in [0.29, 0.717) is 28.6 Å². The summed E-state index contributed by atoms with van der Waals surface area (Å²) in [5.74, 6) is 0.121. The fourth-order valence-corrected chi connectivity index (χ4v) is 4.08. The topological polar surface area (TPSA) is 95.2 Å². The highest BCUT2D eigenvalue weighted by Gasteiger charge is 2.28. The average Bonchev–Trinajstić information content (AvgIpc) is 3.26. The lowest BCUT2D eigenvalue weighted by atomic mass is 9.92. The van der Waals surface area contributed by atoms with Gasteiger partial charge in [0, 0.05) is 11.0 Å². The van der Waals surface area contributed by atoms with Crippen molar-refractivity contribution in [3.05, 3.63) is 81.9 Å². The normalized spacial score (nSPS) is 13.1. The summed E-state index contributed by atoms with van der Waals surface area (Å²) < 4.78 is 21.5. The smallest absolute Gasteiger partial charge is 0.306 e. The van der Waals surface area contributed by atoms with Gasteiger partial charge < -0.3 is 23.7 Å². The van der Waals surface area contributed by atoms with Crippen molar-refractivity contribution in [3.8, 4) is 17.2 Å². The molecule has 0 saturated heterocycles. The number of esters is 1. The molecule has 1 aliphatic rings. The molecule has 1 aromatic heterocycles. The molecule has 4 rings (SSSR count). The van der Waals surface area contributed by atoms with Crippen LogP contribution in [0.1, 0.15) is 29.4 Å². The van der Waals surface area contributed by atoms with Gasteiger partial charge in [-0.25, -0.2) is 0 Å². The van der Waals surface area contributed by atoms with Crippen LogP contribution in [0.5, 0.6) is 17.2 Å². The van der Waals surface area contributed by atoms with Crippen LogP contribution in [0.25, 0.3) is 0 Å². The van der Waals surface area contributed by atoms with Crippen molar-refractivity contribution in [2.45, 2.75) is 23.0 Å². The van der Waals surface area contributed by atoms with E-state index in [4.69, 9.17) is 18.6 Å². The first kappa shape index (κ1) is 20.9. The predicted octanol–water partition coefficient (Wildman–Crippen LogP) is 4.06. The monoisotopic (exact) mass is 440 g/mol. The van der Waals surface area contributed by atoms with Gasteiger partial charge in [0.1, 0.15) is 5.76 Å². The number of carbonyl (C=O) groups excluding carboxylic acids is 1. The minimum atomic E-state index is -0.740. The first-order chi connectivity index (χ1) is 15.0. The summed E-state index contributed by atoms with van der Waals surface area (Å²) in [5.41, 5.74) is 0.0569. The number of ether oxygens (including phenoxy) is 3. The Labute approximate surface area is 182 Å². The fraction of sp³-hybridized carbons (Fsp3) is 0.217. The molecule has 3 aromatic rings. The molecule has 31 heavy (non-hydrogen) atoms. The lowest BCUT2D eigenvalue weighted by Gasteiger charge is -2.18. The van der Waals surface area contributed by atoms with Crippen molar-refractivity contribution in [1.29, 1.82) is 0 Å². The molecule has 1 atom stereocenters. The Kier molecular flexibility index (Phi) is 6.18. The molecule has 7 nitrogen and oxygen atoms in total. The van der Waals surface area contributed by atoms with Crippen molar-refractivity contribution >= 4 is 17.7 Å². The van der Waals surface area contributed by atoms with Crippen LogP contribution in [-0.4, -0.2) is 25.0 Å². The van der Waals surface area contributed by atoms with E-state index in [1.807, 2.05) is 30.3 Å². The number of fused-ring (bicyclic) bond motifs is 1. The van der Waals surface area contributed by atoms with E-state index in [9.17, 15) is 14.7 Å². The van der Waals surface area contributed by atoms with Gasteiger partial charge in [0.15, 0.2) is 17.3 Å². The number of hydrogen-bond acceptors (Lipinski definition) is 8. The van der Waals surface area contributed by atoms with Crippen molar-refractivity contribution < 1.29 is 28.5 Å². The van der Waals surface area contributed by atoms with Crippen LogP contribution >= 0.6 is 11.8 Å². The minimum Gasteiger partial charge on any atom is -0.502 e. The average molecular weight is 440 g/mol. The van der Waals surface area contributed by atoms with Crippen molar-refractivity contribution in [1.82, 2.24) is 0 Å². The number of aromatic hydroxyl groups is 1. The van der Waals surface area contributed by atoms with Crippen LogP contribution in [0, 0.1) is 0 Å². The summed E-state index contributed by atoms with van der Waals surface area (Å²) in [6, 6.07) is 16.1. The third-order valence-corrected chi connectivity index (χ3v) is 5.87. The molecule has 0 bridgehead atoms. The second-order valence-corrected chi connectivity index (χ2v) is 7.89. The maximum absolute atomic E-state index is 12.5. The molecule has 1 N–H and O–H groups in total. The first-order valence-electron chi connectivity index (χ1n) is 9.55. The van der Waals surface area contributed by atoms with Gasteiger partial charge in [0.2, 0.25) is 18.0 Å². The molecule has 0 fully saturated rings. The molecule has 0 unspecified atom stereocenters. The number of benzene rings is 2. The molecule has 0 amide bonds. The highest BCUT2D eigenvalue weighted by atomic mass is 32.2. The van der Waals surface area contributed by atoms with Gasteiger partial charge in [-0.05, 0) is 29.8 Å². The second-order valence-electron chi connectivity index (χ2n) is 6.84. The fourth-order valence-electron chi connectivity index (χ4n) is 3.28. The molecule has 0 aliphatic carbocycles. The van der Waals surface area contributed by atoms with Gasteiger partial charge >= 0.3 is 5.97 Å². The maximum Gasteiger partial charge on any atom is 0.306 e. The first-order valence-corrected chi connectivity index (χ1v) is 10.5. The second kappa shape index (κ2) is 9.18. The van der Waals surface area contributed by atoms with E-state index in [1.54, 1.807) is 18.2 Å². The van der Waals surface area contributed by atoms with E-state index in [0.717, 1.165) is 4.90 Å². The van der Waals surface area contributed by atoms with Gasteiger partial charge in [-0.3, -0.25) is 9.59 Å². The molecule has 160 valence electrons. The van der Waals surface area contributed by atoms with E-state index >= 15 is 0 Å². The Hall–Kier alpha value is -3.39. The molecule has 0 radical (unpaired) electrons. The standard InChI is InChI=1S/C23H20O7S/c1-27-21(25)11-17(14-7-8-19-20(9-14)29-13-28-19)23-22(26)18(24)10-15(30-23)12-31-16-5-3-2-4-6-16/h2-10,17,26H,11-13H2,1H3/t17-/m0/s1. The number of carbonyl (C=O) groups is 1. The molecule has 0 saturated carbocycles. The minimum absolute atomic E-state index is 0.0143. The van der Waals surface area contributed by atoms with Crippen LogP contribution in [0.2, 0.25) is 0 Å². The molecular weight excluding hydrogens is 420 g/mol. The highest BCUT2D eigenvalue weighted by molar-refractivity contribution is 7.98. The maximum atomic E-state index is 12.5. The lowest BCUT2D eigenvalue weighted by molar-refractivity contribution is -0.140. The third kappa shape index (κ3) is 4.69. The number of methoxy groups -OCH3 is 1. The van der Waals surface area contributed by atoms with Gasteiger partial charge in [-0.1, -0.05) is 24.3 Å². The summed E-state index contributed by atoms with van der Waals surface area (Å²) in [6.45, 7) is 0.104. The van der Waals surface area contributed by atoms with Gasteiger partial charge in [-0.2, -0.15) is 0 Å². The zero-order valence-electron chi connectivity index (χ0n) is 16.7. The number of thioether (sulfide) groups is 1. The molecule has 2 aromatic carbocycles. The Bertz CT molecular complexity index is 1140. The molecule has 1 aliphatic heterocycles. The summed E-state index contributed by atoms with van der Waals surface area (Å²) in [5, 5.41) is 10.5. The van der Waals surface area contributed by atoms with Crippen molar-refractivity contribution in [2.75, 3.05) is 13.9 Å². The Morgan fingerprint density at radius 3 is 2.68 bits per heavy atom. The van der Waals surface area contributed by atoms with Gasteiger partial charge in [0.05, 0.1) is 25.2 Å². The molecular formula is C23H20O7S. The SMILES string of the molecule is COC(=O)C[C@@H](c1ccc2c(c1)OCO2)c1oc(CSc2ccccc2)cc(=O)c1O. The van der Waals surface area contributed by atoms with Crippen molar-refractivity contribution in [3.63, 3.8) is 0 Å². The lowest BCUT2D eigenvalue weighted by Crippen LogP contribution is -2.14. The van der Waals surface area contributed by atoms with Crippen LogP contribution in [0.15, 0.2) is 68.7 Å². The summed E-state index contributed by atoms with van der Waals surface area (Å²) >= 11 is 1.50. The third-order valence-electron chi connectivity index (χ3n) is 4.84. The Balaban J connectivity index is 1.70. The molecule has 8 heteroatoms. The Morgan fingerprint density at radius 2 is 1.90 bits per heavy atom. The summed E-state index contributed by atoms with van der Waals surface area (Å²) in [6.07, 6.45) is -0.123. The number of rotatable bonds is 7. The van der Waals surface area contributed by atoms with Gasteiger partial charge in [0.25, 0.3) is 0 Å². The van der Waals surface area contributed by atoms with Crippen LogP contribution < -0.4 is 14.9 Å². The highest BCUT2D eigenvalue weighted by Crippen LogP contribution is 2.39. The zero-order chi connectivity index (χ0) is 21.8. The largest absolute Gasteiger partial charge is 0.502 e. The van der Waals surface area contributed by atoms with E-state index < -0.39 is 23.1 Å². The van der Waals surface area contributed by atoms with Gasteiger partial charge in [-0.15, -0.1) is 11.8 Å².